The molecular weight excluding hydrogens is 480 g/mol. The first-order chi connectivity index (χ1) is 17.4. The second kappa shape index (κ2) is 8.51. The fraction of sp³-hybridized carbons (Fsp3) is 0.846. The molecule has 2 N–H and O–H groups in total. The van der Waals surface area contributed by atoms with Gasteiger partial charge in [-0.25, -0.2) is 0 Å². The highest BCUT2D eigenvalue weighted by Crippen LogP contribution is 2.62. The minimum atomic E-state index is -3.55. The van der Waals surface area contributed by atoms with Crippen LogP contribution >= 0.6 is 0 Å². The van der Waals surface area contributed by atoms with Crippen molar-refractivity contribution < 1.29 is 22.8 Å². The third kappa shape index (κ3) is 3.77. The molecule has 6 aliphatic rings. The smallest absolute Gasteiger partial charge is 0.282 e. The van der Waals surface area contributed by atoms with Gasteiger partial charge in [-0.1, -0.05) is 5.16 Å². The average Bonchev–Trinajstić information content (AvgIpc) is 3.23. The second-order valence-electron chi connectivity index (χ2n) is 12.6. The Hall–Kier alpha value is -1.49. The summed E-state index contributed by atoms with van der Waals surface area (Å²) >= 11 is 0. The summed E-state index contributed by atoms with van der Waals surface area (Å²) in [5, 5.41) is 16.7. The number of aromatic nitrogens is 1. The third-order valence-electron chi connectivity index (χ3n) is 10.5. The normalized spacial score (nSPS) is 40.5. The Morgan fingerprint density at radius 3 is 2.64 bits per heavy atom. The van der Waals surface area contributed by atoms with Gasteiger partial charge in [0.2, 0.25) is 0 Å². The van der Waals surface area contributed by atoms with E-state index in [2.05, 4.69) is 10.5 Å². The van der Waals surface area contributed by atoms with Crippen LogP contribution < -0.4 is 5.32 Å². The zero-order valence-corrected chi connectivity index (χ0v) is 21.7. The monoisotopic (exact) mass is 518 g/mol. The summed E-state index contributed by atoms with van der Waals surface area (Å²) < 4.78 is 37.0. The average molecular weight is 519 g/mol. The van der Waals surface area contributed by atoms with E-state index >= 15 is 0 Å². The number of piperidine rings is 1. The topological polar surface area (TPSA) is 116 Å². The standard InChI is InChI=1S/C26H38N4O5S/c31-8-7-26-6-5-18-15-29(14-16(13-26)9-22(18)26)36(33,34)30-20-3-4-21(30)11-19(10-20)27-25(32)23-12-24(35-28-23)17-1-2-17/h12,16-22,31H,1-11,13-15H2,(H,27,32)/t16?,18?,19?,20-,21+,22?,26?. The van der Waals surface area contributed by atoms with E-state index in [0.717, 1.165) is 63.5 Å². The fourth-order valence-electron chi connectivity index (χ4n) is 8.86. The zero-order valence-electron chi connectivity index (χ0n) is 20.8. The van der Waals surface area contributed by atoms with Gasteiger partial charge in [-0.2, -0.15) is 17.0 Å². The number of fused-ring (bicyclic) bond motifs is 3. The quantitative estimate of drug-likeness (QED) is 0.573. The van der Waals surface area contributed by atoms with Crippen LogP contribution in [0.1, 0.15) is 92.8 Å². The van der Waals surface area contributed by atoms with E-state index in [1.54, 1.807) is 6.07 Å². The van der Waals surface area contributed by atoms with E-state index in [4.69, 9.17) is 4.52 Å². The summed E-state index contributed by atoms with van der Waals surface area (Å²) in [6.07, 6.45) is 10.5. The number of carbonyl (C=O) groups is 1. The van der Waals surface area contributed by atoms with E-state index < -0.39 is 10.2 Å². The van der Waals surface area contributed by atoms with Crippen LogP contribution in [-0.2, 0) is 10.2 Å². The van der Waals surface area contributed by atoms with Gasteiger partial charge in [-0.15, -0.1) is 0 Å². The molecule has 4 heterocycles. The van der Waals surface area contributed by atoms with Crippen LogP contribution in [0.15, 0.2) is 10.6 Å². The highest BCUT2D eigenvalue weighted by atomic mass is 32.2. The third-order valence-corrected chi connectivity index (χ3v) is 12.6. The second-order valence-corrected chi connectivity index (χ2v) is 14.5. The number of aliphatic hydroxyl groups excluding tert-OH is 1. The highest BCUT2D eigenvalue weighted by molar-refractivity contribution is 7.86. The zero-order chi connectivity index (χ0) is 24.7. The van der Waals surface area contributed by atoms with Gasteiger partial charge in [0.25, 0.3) is 16.1 Å². The van der Waals surface area contributed by atoms with E-state index in [1.165, 1.54) is 0 Å². The number of hydrogen-bond acceptors (Lipinski definition) is 6. The van der Waals surface area contributed by atoms with Crippen molar-refractivity contribution in [3.8, 4) is 0 Å². The van der Waals surface area contributed by atoms with Gasteiger partial charge in [0.05, 0.1) is 0 Å². The van der Waals surface area contributed by atoms with Crippen LogP contribution in [0.3, 0.4) is 0 Å². The van der Waals surface area contributed by atoms with E-state index in [9.17, 15) is 18.3 Å². The lowest BCUT2D eigenvalue weighted by Gasteiger charge is -2.42. The van der Waals surface area contributed by atoms with Crippen LogP contribution in [0, 0.1) is 23.2 Å². The van der Waals surface area contributed by atoms with E-state index in [0.29, 0.717) is 55.3 Å². The largest absolute Gasteiger partial charge is 0.396 e. The number of rotatable bonds is 7. The molecule has 3 saturated carbocycles. The van der Waals surface area contributed by atoms with E-state index in [1.807, 2.05) is 8.61 Å². The van der Waals surface area contributed by atoms with Crippen molar-refractivity contribution in [1.82, 2.24) is 19.1 Å². The Morgan fingerprint density at radius 1 is 1.14 bits per heavy atom. The first-order valence-electron chi connectivity index (χ1n) is 14.0. The van der Waals surface area contributed by atoms with Crippen LogP contribution in [0.2, 0.25) is 0 Å². The molecule has 1 amide bonds. The van der Waals surface area contributed by atoms with Crippen LogP contribution in [0.5, 0.6) is 0 Å². The van der Waals surface area contributed by atoms with Crippen molar-refractivity contribution in [2.24, 2.45) is 23.2 Å². The maximum Gasteiger partial charge on any atom is 0.282 e. The summed E-state index contributed by atoms with van der Waals surface area (Å²) in [7, 11) is -3.55. The Labute approximate surface area is 213 Å². The van der Waals surface area contributed by atoms with Gasteiger partial charge >= 0.3 is 0 Å². The van der Waals surface area contributed by atoms with Gasteiger partial charge in [-0.05, 0) is 93.8 Å². The molecule has 198 valence electrons. The SMILES string of the molecule is O=C(NC1C[C@H]2CC[C@@H](C1)N2S(=O)(=O)N1CC2CC3C(CCC3(CCO)C2)C1)c1cc(C2CC2)on1. The molecule has 0 spiro atoms. The molecule has 3 aliphatic heterocycles. The maximum atomic E-state index is 14.0. The summed E-state index contributed by atoms with van der Waals surface area (Å²) in [6, 6.07) is 1.59. The number of amides is 1. The number of nitrogens with zero attached hydrogens (tertiary/aromatic N) is 3. The lowest BCUT2D eigenvalue weighted by molar-refractivity contribution is 0.0896. The first kappa shape index (κ1) is 23.6. The molecular formula is C26H38N4O5S. The summed E-state index contributed by atoms with van der Waals surface area (Å²) in [6.45, 7) is 1.49. The van der Waals surface area contributed by atoms with Crippen molar-refractivity contribution in [3.05, 3.63) is 17.5 Å². The number of aliphatic hydroxyl groups is 1. The van der Waals surface area contributed by atoms with Gasteiger partial charge in [0.15, 0.2) is 5.69 Å². The van der Waals surface area contributed by atoms with Crippen molar-refractivity contribution in [2.45, 2.75) is 94.7 Å². The molecule has 36 heavy (non-hydrogen) atoms. The molecule has 1 aromatic heterocycles. The molecule has 7 atom stereocenters. The number of carbonyl (C=O) groups excluding carboxylic acids is 1. The molecule has 0 aromatic carbocycles. The summed E-state index contributed by atoms with van der Waals surface area (Å²) in [5.74, 6) is 2.36. The summed E-state index contributed by atoms with van der Waals surface area (Å²) in [5.41, 5.74) is 0.575. The van der Waals surface area contributed by atoms with Gasteiger partial charge < -0.3 is 14.9 Å². The van der Waals surface area contributed by atoms with E-state index in [-0.39, 0.29) is 36.1 Å². The minimum absolute atomic E-state index is 0.0448. The van der Waals surface area contributed by atoms with Gasteiger partial charge in [-0.3, -0.25) is 4.79 Å². The van der Waals surface area contributed by atoms with Crippen LogP contribution in [-0.4, -0.2) is 71.0 Å². The minimum Gasteiger partial charge on any atom is -0.396 e. The molecule has 4 bridgehead atoms. The molecule has 7 rings (SSSR count). The molecule has 3 aliphatic carbocycles. The fourth-order valence-corrected chi connectivity index (χ4v) is 11.0. The Morgan fingerprint density at radius 2 is 1.92 bits per heavy atom. The van der Waals surface area contributed by atoms with Gasteiger partial charge in [0, 0.05) is 49.8 Å². The Bertz CT molecular complexity index is 1120. The van der Waals surface area contributed by atoms with Crippen LogP contribution in [0.25, 0.3) is 0 Å². The highest BCUT2D eigenvalue weighted by Gasteiger charge is 2.58. The maximum absolute atomic E-state index is 14.0. The lowest BCUT2D eigenvalue weighted by Crippen LogP contribution is -2.57. The van der Waals surface area contributed by atoms with Crippen molar-refractivity contribution >= 4 is 16.1 Å². The van der Waals surface area contributed by atoms with Crippen molar-refractivity contribution in [3.63, 3.8) is 0 Å². The number of hydrogen-bond donors (Lipinski definition) is 2. The summed E-state index contributed by atoms with van der Waals surface area (Å²) in [4.78, 5) is 12.8. The Kier molecular flexibility index (Phi) is 5.58. The van der Waals surface area contributed by atoms with Crippen LogP contribution in [0.4, 0.5) is 0 Å². The molecule has 5 unspecified atom stereocenters. The molecule has 0 radical (unpaired) electrons. The number of nitrogens with one attached hydrogen (secondary N) is 1. The molecule has 6 fully saturated rings. The molecule has 10 heteroatoms. The molecule has 1 aromatic rings. The Balaban J connectivity index is 1.03. The predicted octanol–water partition coefficient (Wildman–Crippen LogP) is 2.64. The lowest BCUT2D eigenvalue weighted by atomic mass is 9.75. The van der Waals surface area contributed by atoms with Crippen molar-refractivity contribution in [1.29, 1.82) is 0 Å². The van der Waals surface area contributed by atoms with Crippen molar-refractivity contribution in [2.75, 3.05) is 19.7 Å². The molecule has 9 nitrogen and oxygen atoms in total. The van der Waals surface area contributed by atoms with Gasteiger partial charge in [0.1, 0.15) is 5.76 Å². The molecule has 3 saturated heterocycles. The predicted molar refractivity (Wildman–Crippen MR) is 131 cm³/mol. The first-order valence-corrected chi connectivity index (χ1v) is 15.4.